The summed E-state index contributed by atoms with van der Waals surface area (Å²) in [5, 5.41) is 0.488. The number of hydrogen-bond acceptors (Lipinski definition) is 5. The molecule has 1 atom stereocenters. The first kappa shape index (κ1) is 26.5. The van der Waals surface area contributed by atoms with E-state index in [4.69, 9.17) is 13.9 Å². The van der Waals surface area contributed by atoms with E-state index in [1.165, 1.54) is 0 Å². The van der Waals surface area contributed by atoms with Crippen molar-refractivity contribution < 1.29 is 18.7 Å². The van der Waals surface area contributed by atoms with E-state index >= 15 is 0 Å². The highest BCUT2D eigenvalue weighted by Crippen LogP contribution is 2.42. The molecule has 202 valence electrons. The monoisotopic (exact) mass is 525 g/mol. The van der Waals surface area contributed by atoms with Gasteiger partial charge in [-0.3, -0.25) is 9.59 Å². The predicted molar refractivity (Wildman–Crippen MR) is 153 cm³/mol. The Morgan fingerprint density at radius 3 is 2.36 bits per heavy atom. The fourth-order valence-corrected chi connectivity index (χ4v) is 5.25. The molecular weight excluding hydrogens is 490 g/mol. The zero-order valence-electron chi connectivity index (χ0n) is 23.5. The molecule has 1 amide bonds. The van der Waals surface area contributed by atoms with Crippen LogP contribution in [0.4, 0.5) is 0 Å². The Morgan fingerprint density at radius 2 is 1.67 bits per heavy atom. The highest BCUT2D eigenvalue weighted by Gasteiger charge is 2.43. The van der Waals surface area contributed by atoms with E-state index in [0.29, 0.717) is 47.1 Å². The second kappa shape index (κ2) is 10.6. The summed E-state index contributed by atoms with van der Waals surface area (Å²) >= 11 is 0. The van der Waals surface area contributed by atoms with E-state index in [-0.39, 0.29) is 17.1 Å². The van der Waals surface area contributed by atoms with Crippen LogP contribution in [0.5, 0.6) is 11.5 Å². The molecule has 0 radical (unpaired) electrons. The summed E-state index contributed by atoms with van der Waals surface area (Å²) < 4.78 is 17.9. The molecule has 0 N–H and O–H groups in total. The van der Waals surface area contributed by atoms with E-state index in [9.17, 15) is 9.59 Å². The Bertz CT molecular complexity index is 1600. The molecule has 1 aromatic heterocycles. The number of aryl methyl sites for hydroxylation is 3. The molecule has 0 spiro atoms. The van der Waals surface area contributed by atoms with Crippen LogP contribution in [-0.2, 0) is 6.54 Å². The maximum atomic E-state index is 14.0. The molecule has 1 unspecified atom stereocenters. The number of methoxy groups -OCH3 is 1. The van der Waals surface area contributed by atoms with Crippen LogP contribution in [0.25, 0.3) is 11.0 Å². The number of rotatable bonds is 8. The Hall–Kier alpha value is -4.06. The molecule has 39 heavy (non-hydrogen) atoms. The largest absolute Gasteiger partial charge is 0.493 e. The summed E-state index contributed by atoms with van der Waals surface area (Å²) in [4.78, 5) is 29.6. The Labute approximate surface area is 229 Å². The van der Waals surface area contributed by atoms with E-state index < -0.39 is 6.04 Å². The van der Waals surface area contributed by atoms with Crippen LogP contribution in [-0.4, -0.2) is 24.5 Å². The van der Waals surface area contributed by atoms with Crippen LogP contribution in [0.1, 0.15) is 70.2 Å². The summed E-state index contributed by atoms with van der Waals surface area (Å²) in [7, 11) is 1.60. The van der Waals surface area contributed by atoms with Crippen molar-refractivity contribution in [3.8, 4) is 11.5 Å². The van der Waals surface area contributed by atoms with Crippen molar-refractivity contribution in [1.82, 2.24) is 4.90 Å². The number of carbonyl (C=O) groups excluding carboxylic acids is 1. The van der Waals surface area contributed by atoms with Crippen molar-refractivity contribution in [2.24, 2.45) is 5.92 Å². The molecule has 6 heteroatoms. The summed E-state index contributed by atoms with van der Waals surface area (Å²) in [6.45, 7) is 11.1. The standard InChI is InChI=1S/C33H35NO5/c1-19(2)13-14-38-26-12-11-24(17-27(26)37-6)29-28-30(35)25-16-21(4)15-22(5)31(25)39-32(28)33(36)34(29)18-23-9-7-20(3)8-10-23/h7-12,15-17,19,29H,13-14,18H2,1-6H3. The van der Waals surface area contributed by atoms with Crippen LogP contribution < -0.4 is 14.9 Å². The van der Waals surface area contributed by atoms with Gasteiger partial charge in [-0.1, -0.05) is 55.8 Å². The minimum absolute atomic E-state index is 0.104. The highest BCUT2D eigenvalue weighted by molar-refractivity contribution is 5.99. The molecule has 5 rings (SSSR count). The zero-order valence-corrected chi connectivity index (χ0v) is 23.5. The topological polar surface area (TPSA) is 69.0 Å². The normalized spacial score (nSPS) is 14.8. The van der Waals surface area contributed by atoms with Crippen molar-refractivity contribution in [3.63, 3.8) is 0 Å². The summed E-state index contributed by atoms with van der Waals surface area (Å²) in [6.07, 6.45) is 0.923. The van der Waals surface area contributed by atoms with Gasteiger partial charge in [-0.15, -0.1) is 0 Å². The van der Waals surface area contributed by atoms with Gasteiger partial charge >= 0.3 is 0 Å². The minimum atomic E-state index is -0.631. The molecule has 3 aromatic carbocycles. The number of ether oxygens (including phenoxy) is 2. The molecule has 0 saturated heterocycles. The Kier molecular flexibility index (Phi) is 7.21. The van der Waals surface area contributed by atoms with Gasteiger partial charge in [0.05, 0.1) is 30.7 Å². The van der Waals surface area contributed by atoms with E-state index in [0.717, 1.165) is 34.2 Å². The SMILES string of the molecule is COc1cc(C2c3c(oc4c(C)cc(C)cc4c3=O)C(=O)N2Cc2ccc(C)cc2)ccc1OCCC(C)C. The number of benzene rings is 3. The van der Waals surface area contributed by atoms with Gasteiger partial charge in [0.15, 0.2) is 16.9 Å². The molecule has 0 aliphatic carbocycles. The summed E-state index contributed by atoms with van der Waals surface area (Å²) in [5.74, 6) is 1.52. The van der Waals surface area contributed by atoms with Gasteiger partial charge in [0.2, 0.25) is 5.76 Å². The molecular formula is C33H35NO5. The van der Waals surface area contributed by atoms with Crippen molar-refractivity contribution in [2.45, 2.75) is 53.6 Å². The van der Waals surface area contributed by atoms with Crippen molar-refractivity contribution in [1.29, 1.82) is 0 Å². The number of fused-ring (bicyclic) bond motifs is 2. The van der Waals surface area contributed by atoms with Gasteiger partial charge in [0, 0.05) is 6.54 Å². The fourth-order valence-electron chi connectivity index (χ4n) is 5.25. The zero-order chi connectivity index (χ0) is 27.8. The van der Waals surface area contributed by atoms with Crippen LogP contribution in [0.2, 0.25) is 0 Å². The molecule has 0 saturated carbocycles. The van der Waals surface area contributed by atoms with E-state index in [2.05, 4.69) is 13.8 Å². The maximum absolute atomic E-state index is 14.0. The smallest absolute Gasteiger partial charge is 0.291 e. The summed E-state index contributed by atoms with van der Waals surface area (Å²) in [5.41, 5.74) is 5.30. The van der Waals surface area contributed by atoms with Crippen LogP contribution >= 0.6 is 0 Å². The molecule has 2 heterocycles. The minimum Gasteiger partial charge on any atom is -0.493 e. The third-order valence-corrected chi connectivity index (χ3v) is 7.33. The Balaban J connectivity index is 1.65. The Morgan fingerprint density at radius 1 is 0.923 bits per heavy atom. The molecule has 6 nitrogen and oxygen atoms in total. The highest BCUT2D eigenvalue weighted by atomic mass is 16.5. The average Bonchev–Trinajstić information content (AvgIpc) is 3.17. The van der Waals surface area contributed by atoms with E-state index in [1.54, 1.807) is 12.0 Å². The molecule has 1 aliphatic rings. The molecule has 0 fully saturated rings. The van der Waals surface area contributed by atoms with Gasteiger partial charge in [-0.2, -0.15) is 0 Å². The predicted octanol–water partition coefficient (Wildman–Crippen LogP) is 6.90. The van der Waals surface area contributed by atoms with Crippen molar-refractivity contribution in [2.75, 3.05) is 13.7 Å². The number of amides is 1. The van der Waals surface area contributed by atoms with Gasteiger partial charge in [-0.25, -0.2) is 0 Å². The van der Waals surface area contributed by atoms with E-state index in [1.807, 2.05) is 75.4 Å². The number of nitrogens with zero attached hydrogens (tertiary/aromatic N) is 1. The maximum Gasteiger partial charge on any atom is 0.291 e. The van der Waals surface area contributed by atoms with Gasteiger partial charge in [-0.05, 0) is 73.6 Å². The van der Waals surface area contributed by atoms with Gasteiger partial charge in [0.25, 0.3) is 5.91 Å². The third-order valence-electron chi connectivity index (χ3n) is 7.33. The second-order valence-corrected chi connectivity index (χ2v) is 10.9. The second-order valence-electron chi connectivity index (χ2n) is 10.9. The van der Waals surface area contributed by atoms with Crippen LogP contribution in [0.15, 0.2) is 63.8 Å². The average molecular weight is 526 g/mol. The molecule has 1 aliphatic heterocycles. The lowest BCUT2D eigenvalue weighted by molar-refractivity contribution is 0.0714. The van der Waals surface area contributed by atoms with Crippen molar-refractivity contribution >= 4 is 16.9 Å². The molecule has 0 bridgehead atoms. The third kappa shape index (κ3) is 5.03. The number of carbonyl (C=O) groups is 1. The van der Waals surface area contributed by atoms with Crippen molar-refractivity contribution in [3.05, 3.63) is 104 Å². The lowest BCUT2D eigenvalue weighted by Gasteiger charge is -2.26. The fraction of sp³-hybridized carbons (Fsp3) is 0.333. The lowest BCUT2D eigenvalue weighted by Crippen LogP contribution is -2.29. The number of hydrogen-bond donors (Lipinski definition) is 0. The first-order chi connectivity index (χ1) is 18.7. The van der Waals surface area contributed by atoms with Crippen LogP contribution in [0.3, 0.4) is 0 Å². The summed E-state index contributed by atoms with van der Waals surface area (Å²) in [6, 6.07) is 16.9. The quantitative estimate of drug-likeness (QED) is 0.250. The van der Waals surface area contributed by atoms with Gasteiger partial charge < -0.3 is 18.8 Å². The lowest BCUT2D eigenvalue weighted by atomic mass is 9.96. The molecule has 4 aromatic rings. The first-order valence-corrected chi connectivity index (χ1v) is 13.4. The van der Waals surface area contributed by atoms with Crippen LogP contribution in [0, 0.1) is 26.7 Å². The van der Waals surface area contributed by atoms with Gasteiger partial charge in [0.1, 0.15) is 5.58 Å². The first-order valence-electron chi connectivity index (χ1n) is 13.4.